The monoisotopic (exact) mass is 282 g/mol. The molecule has 1 amide bonds. The van der Waals surface area contributed by atoms with Crippen molar-refractivity contribution in [2.24, 2.45) is 0 Å². The predicted octanol–water partition coefficient (Wildman–Crippen LogP) is 1.05. The molecular weight excluding hydrogens is 256 g/mol. The zero-order valence-electron chi connectivity index (χ0n) is 12.9. The number of hydrogen-bond acceptors (Lipinski definition) is 4. The standard InChI is InChI=1S/C14H26N4O2/c1-5-17(6-2)14(19)12(3)18-11-16-10-13(18)9-15-7-8-20-4/h10-12,15H,5-9H2,1-4H3. The predicted molar refractivity (Wildman–Crippen MR) is 78.4 cm³/mol. The van der Waals surface area contributed by atoms with Gasteiger partial charge in [-0.2, -0.15) is 0 Å². The fraction of sp³-hybridized carbons (Fsp3) is 0.714. The summed E-state index contributed by atoms with van der Waals surface area (Å²) in [6, 6.07) is -0.225. The molecule has 1 rings (SSSR count). The fourth-order valence-corrected chi connectivity index (χ4v) is 2.13. The highest BCUT2D eigenvalue weighted by molar-refractivity contribution is 5.80. The number of carbonyl (C=O) groups excluding carboxylic acids is 1. The van der Waals surface area contributed by atoms with E-state index in [2.05, 4.69) is 10.3 Å². The third kappa shape index (κ3) is 4.31. The normalized spacial score (nSPS) is 12.4. The van der Waals surface area contributed by atoms with Gasteiger partial charge in [-0.25, -0.2) is 4.98 Å². The molecule has 1 aromatic heterocycles. The van der Waals surface area contributed by atoms with Gasteiger partial charge >= 0.3 is 0 Å². The van der Waals surface area contributed by atoms with E-state index >= 15 is 0 Å². The number of rotatable bonds is 9. The summed E-state index contributed by atoms with van der Waals surface area (Å²) in [6.45, 7) is 9.50. The van der Waals surface area contributed by atoms with E-state index in [1.807, 2.05) is 30.2 Å². The van der Waals surface area contributed by atoms with Gasteiger partial charge in [0.25, 0.3) is 0 Å². The van der Waals surface area contributed by atoms with Gasteiger partial charge in [0.05, 0.1) is 18.6 Å². The first kappa shape index (κ1) is 16.7. The second-order valence-electron chi connectivity index (χ2n) is 4.65. The van der Waals surface area contributed by atoms with Crippen molar-refractivity contribution in [3.8, 4) is 0 Å². The first-order valence-electron chi connectivity index (χ1n) is 7.14. The molecule has 114 valence electrons. The van der Waals surface area contributed by atoms with Crippen molar-refractivity contribution in [1.29, 1.82) is 0 Å². The number of imidazole rings is 1. The number of hydrogen-bond donors (Lipinski definition) is 1. The van der Waals surface area contributed by atoms with Gasteiger partial charge in [0.15, 0.2) is 0 Å². The van der Waals surface area contributed by atoms with Crippen LogP contribution in [0.2, 0.25) is 0 Å². The molecule has 0 spiro atoms. The topological polar surface area (TPSA) is 59.4 Å². The van der Waals surface area contributed by atoms with Crippen LogP contribution in [-0.2, 0) is 16.1 Å². The lowest BCUT2D eigenvalue weighted by molar-refractivity contribution is -0.133. The molecule has 1 atom stereocenters. The number of methoxy groups -OCH3 is 1. The summed E-state index contributed by atoms with van der Waals surface area (Å²) in [7, 11) is 1.68. The number of amides is 1. The van der Waals surface area contributed by atoms with E-state index in [-0.39, 0.29) is 11.9 Å². The van der Waals surface area contributed by atoms with E-state index in [9.17, 15) is 4.79 Å². The van der Waals surface area contributed by atoms with Crippen molar-refractivity contribution in [3.05, 3.63) is 18.2 Å². The van der Waals surface area contributed by atoms with Crippen molar-refractivity contribution in [3.63, 3.8) is 0 Å². The Hall–Kier alpha value is -1.40. The van der Waals surface area contributed by atoms with Crippen LogP contribution in [0.25, 0.3) is 0 Å². The molecular formula is C14H26N4O2. The van der Waals surface area contributed by atoms with E-state index in [1.54, 1.807) is 19.6 Å². The van der Waals surface area contributed by atoms with Gasteiger partial charge in [0, 0.05) is 39.5 Å². The van der Waals surface area contributed by atoms with Crippen LogP contribution in [0, 0.1) is 0 Å². The molecule has 0 bridgehead atoms. The zero-order valence-corrected chi connectivity index (χ0v) is 12.9. The van der Waals surface area contributed by atoms with Crippen LogP contribution >= 0.6 is 0 Å². The maximum Gasteiger partial charge on any atom is 0.245 e. The van der Waals surface area contributed by atoms with E-state index in [1.165, 1.54) is 0 Å². The molecule has 0 saturated heterocycles. The number of nitrogens with one attached hydrogen (secondary N) is 1. The number of nitrogens with zero attached hydrogens (tertiary/aromatic N) is 3. The Balaban J connectivity index is 2.66. The lowest BCUT2D eigenvalue weighted by atomic mass is 10.2. The Bertz CT molecular complexity index is 402. The average Bonchev–Trinajstić information content (AvgIpc) is 2.92. The van der Waals surface area contributed by atoms with Crippen LogP contribution in [0.1, 0.15) is 32.5 Å². The van der Waals surface area contributed by atoms with E-state index < -0.39 is 0 Å². The second kappa shape index (κ2) is 8.71. The molecule has 1 heterocycles. The van der Waals surface area contributed by atoms with Crippen molar-refractivity contribution >= 4 is 5.91 Å². The Morgan fingerprint density at radius 2 is 2.20 bits per heavy atom. The van der Waals surface area contributed by atoms with Crippen molar-refractivity contribution in [2.75, 3.05) is 33.4 Å². The average molecular weight is 282 g/mol. The smallest absolute Gasteiger partial charge is 0.245 e. The van der Waals surface area contributed by atoms with Gasteiger partial charge in [-0.15, -0.1) is 0 Å². The van der Waals surface area contributed by atoms with E-state index in [0.29, 0.717) is 13.2 Å². The molecule has 0 aliphatic rings. The summed E-state index contributed by atoms with van der Waals surface area (Å²) in [5.74, 6) is 0.131. The Kier molecular flexibility index (Phi) is 7.25. The molecule has 1 N–H and O–H groups in total. The zero-order chi connectivity index (χ0) is 15.0. The number of likely N-dealkylation sites (N-methyl/N-ethyl adjacent to an activating group) is 1. The van der Waals surface area contributed by atoms with Crippen LogP contribution in [0.3, 0.4) is 0 Å². The lowest BCUT2D eigenvalue weighted by Gasteiger charge is -2.24. The van der Waals surface area contributed by atoms with Crippen molar-refractivity contribution < 1.29 is 9.53 Å². The van der Waals surface area contributed by atoms with E-state index in [4.69, 9.17) is 4.74 Å². The molecule has 0 aliphatic carbocycles. The fourth-order valence-electron chi connectivity index (χ4n) is 2.13. The second-order valence-corrected chi connectivity index (χ2v) is 4.65. The third-order valence-electron chi connectivity index (χ3n) is 3.39. The van der Waals surface area contributed by atoms with Crippen LogP contribution in [0.4, 0.5) is 0 Å². The first-order chi connectivity index (χ1) is 9.65. The van der Waals surface area contributed by atoms with Gasteiger partial charge < -0.3 is 19.5 Å². The van der Waals surface area contributed by atoms with E-state index in [0.717, 1.165) is 25.3 Å². The maximum atomic E-state index is 12.4. The largest absolute Gasteiger partial charge is 0.383 e. The molecule has 0 fully saturated rings. The minimum absolute atomic E-state index is 0.131. The number of carbonyl (C=O) groups is 1. The number of ether oxygens (including phenoxy) is 1. The SMILES string of the molecule is CCN(CC)C(=O)C(C)n1cncc1CNCCOC. The molecule has 6 heteroatoms. The Labute approximate surface area is 121 Å². The Morgan fingerprint density at radius 3 is 2.80 bits per heavy atom. The molecule has 1 unspecified atom stereocenters. The van der Waals surface area contributed by atoms with Crippen LogP contribution in [-0.4, -0.2) is 53.7 Å². The van der Waals surface area contributed by atoms with Crippen molar-refractivity contribution in [2.45, 2.75) is 33.4 Å². The van der Waals surface area contributed by atoms with Gasteiger partial charge in [-0.3, -0.25) is 4.79 Å². The number of aromatic nitrogens is 2. The highest BCUT2D eigenvalue weighted by Gasteiger charge is 2.21. The molecule has 0 aliphatic heterocycles. The first-order valence-corrected chi connectivity index (χ1v) is 7.14. The molecule has 6 nitrogen and oxygen atoms in total. The van der Waals surface area contributed by atoms with Crippen LogP contribution in [0.15, 0.2) is 12.5 Å². The van der Waals surface area contributed by atoms with Gasteiger partial charge in [0.2, 0.25) is 5.91 Å². The minimum atomic E-state index is -0.225. The van der Waals surface area contributed by atoms with Crippen LogP contribution in [0.5, 0.6) is 0 Å². The summed E-state index contributed by atoms with van der Waals surface area (Å²) < 4.78 is 6.92. The highest BCUT2D eigenvalue weighted by Crippen LogP contribution is 2.13. The summed E-state index contributed by atoms with van der Waals surface area (Å²) >= 11 is 0. The Morgan fingerprint density at radius 1 is 1.50 bits per heavy atom. The summed E-state index contributed by atoms with van der Waals surface area (Å²) in [6.07, 6.45) is 3.52. The van der Waals surface area contributed by atoms with Gasteiger partial charge in [-0.05, 0) is 20.8 Å². The molecule has 0 radical (unpaired) electrons. The van der Waals surface area contributed by atoms with Gasteiger partial charge in [-0.1, -0.05) is 0 Å². The highest BCUT2D eigenvalue weighted by atomic mass is 16.5. The lowest BCUT2D eigenvalue weighted by Crippen LogP contribution is -2.36. The quantitative estimate of drug-likeness (QED) is 0.688. The third-order valence-corrected chi connectivity index (χ3v) is 3.39. The summed E-state index contributed by atoms with van der Waals surface area (Å²) in [5.41, 5.74) is 1.01. The molecule has 0 aromatic carbocycles. The minimum Gasteiger partial charge on any atom is -0.383 e. The maximum absolute atomic E-state index is 12.4. The molecule has 20 heavy (non-hydrogen) atoms. The molecule has 1 aromatic rings. The van der Waals surface area contributed by atoms with Crippen LogP contribution < -0.4 is 5.32 Å². The van der Waals surface area contributed by atoms with Gasteiger partial charge in [0.1, 0.15) is 6.04 Å². The summed E-state index contributed by atoms with van der Waals surface area (Å²) in [4.78, 5) is 18.4. The van der Waals surface area contributed by atoms with Crippen molar-refractivity contribution in [1.82, 2.24) is 19.8 Å². The molecule has 0 saturated carbocycles. The summed E-state index contributed by atoms with van der Waals surface area (Å²) in [5, 5.41) is 3.27.